The minimum Gasteiger partial charge on any atom is -0.478 e. The topological polar surface area (TPSA) is 78.4 Å². The van der Waals surface area contributed by atoms with Crippen molar-refractivity contribution in [2.75, 3.05) is 5.32 Å². The van der Waals surface area contributed by atoms with Gasteiger partial charge in [-0.2, -0.15) is 0 Å². The molecular weight excluding hydrogens is 669 g/mol. The third-order valence-corrected chi connectivity index (χ3v) is 5.35. The number of hydrogen-bond acceptors (Lipinski definition) is 3. The van der Waals surface area contributed by atoms with Crippen LogP contribution in [0.4, 0.5) is 5.69 Å². The Balaban J connectivity index is 2.15. The number of carbonyl (C=O) groups excluding carboxylic acids is 1. The van der Waals surface area contributed by atoms with Crippen LogP contribution in [0.15, 0.2) is 36.4 Å². The molecule has 9 heteroatoms. The van der Waals surface area contributed by atoms with Gasteiger partial charge >= 0.3 is 5.97 Å². The molecule has 0 saturated heterocycles. The van der Waals surface area contributed by atoms with Gasteiger partial charge in [-0.1, -0.05) is 0 Å². The standard InChI is InChI=1S/C15H9I3N2O3S/c16-7-1-3-11(18)9(5-7)13(21)20-15(24)19-12-4-2-8(17)6-10(12)14(22)23/h1-6H,(H,22,23)(H2,19,20,21,24). The summed E-state index contributed by atoms with van der Waals surface area (Å²) in [6.07, 6.45) is 0. The molecule has 0 heterocycles. The van der Waals surface area contributed by atoms with Crippen LogP contribution in [0.1, 0.15) is 20.7 Å². The van der Waals surface area contributed by atoms with E-state index in [-0.39, 0.29) is 16.6 Å². The Bertz CT molecular complexity index is 843. The SMILES string of the molecule is O=C(NC(=S)Nc1ccc(I)cc1C(=O)O)c1cc(I)ccc1I. The number of anilines is 1. The Labute approximate surface area is 184 Å². The van der Waals surface area contributed by atoms with Crippen LogP contribution in [-0.4, -0.2) is 22.1 Å². The summed E-state index contributed by atoms with van der Waals surface area (Å²) in [6.45, 7) is 0. The highest BCUT2D eigenvalue weighted by atomic mass is 127. The molecule has 0 radical (unpaired) electrons. The molecule has 3 N–H and O–H groups in total. The molecule has 0 saturated carbocycles. The zero-order valence-electron chi connectivity index (χ0n) is 11.8. The van der Waals surface area contributed by atoms with Gasteiger partial charge in [-0.05, 0) is 116 Å². The van der Waals surface area contributed by atoms with Gasteiger partial charge in [-0.15, -0.1) is 0 Å². The second-order valence-corrected chi connectivity index (χ2v) is 8.59. The first-order chi connectivity index (χ1) is 11.3. The van der Waals surface area contributed by atoms with Gasteiger partial charge in [0, 0.05) is 10.7 Å². The van der Waals surface area contributed by atoms with Crippen molar-refractivity contribution in [3.63, 3.8) is 0 Å². The summed E-state index contributed by atoms with van der Waals surface area (Å²) in [5.41, 5.74) is 0.917. The number of thiocarbonyl (C=S) groups is 1. The summed E-state index contributed by atoms with van der Waals surface area (Å²) in [5, 5.41) is 14.6. The first-order valence-electron chi connectivity index (χ1n) is 6.38. The average molecular weight is 678 g/mol. The van der Waals surface area contributed by atoms with Gasteiger partial charge in [0.1, 0.15) is 0 Å². The summed E-state index contributed by atoms with van der Waals surface area (Å²) < 4.78 is 2.52. The van der Waals surface area contributed by atoms with Gasteiger partial charge in [0.25, 0.3) is 5.91 Å². The normalized spacial score (nSPS) is 10.1. The Morgan fingerprint density at radius 3 is 2.17 bits per heavy atom. The van der Waals surface area contributed by atoms with Crippen molar-refractivity contribution < 1.29 is 14.7 Å². The van der Waals surface area contributed by atoms with E-state index in [0.29, 0.717) is 11.3 Å². The second-order valence-electron chi connectivity index (χ2n) is 4.53. The van der Waals surface area contributed by atoms with Crippen LogP contribution < -0.4 is 10.6 Å². The molecule has 0 atom stereocenters. The van der Waals surface area contributed by atoms with Crippen molar-refractivity contribution in [2.45, 2.75) is 0 Å². The van der Waals surface area contributed by atoms with E-state index in [4.69, 9.17) is 12.2 Å². The van der Waals surface area contributed by atoms with Crippen molar-refractivity contribution in [3.8, 4) is 0 Å². The largest absolute Gasteiger partial charge is 0.478 e. The maximum atomic E-state index is 12.3. The summed E-state index contributed by atoms with van der Waals surface area (Å²) in [6, 6.07) is 10.4. The van der Waals surface area contributed by atoms with Crippen LogP contribution in [0.5, 0.6) is 0 Å². The fourth-order valence-corrected chi connectivity index (χ4v) is 3.56. The molecule has 0 aliphatic rings. The van der Waals surface area contributed by atoms with Gasteiger partial charge in [-0.25, -0.2) is 4.79 Å². The van der Waals surface area contributed by atoms with E-state index in [1.54, 1.807) is 18.2 Å². The molecule has 24 heavy (non-hydrogen) atoms. The lowest BCUT2D eigenvalue weighted by Gasteiger charge is -2.12. The Kier molecular flexibility index (Phi) is 7.18. The van der Waals surface area contributed by atoms with E-state index in [0.717, 1.165) is 10.7 Å². The van der Waals surface area contributed by atoms with Crippen LogP contribution in [0.25, 0.3) is 0 Å². The molecule has 5 nitrogen and oxygen atoms in total. The van der Waals surface area contributed by atoms with Gasteiger partial charge in [0.15, 0.2) is 5.11 Å². The molecule has 0 aromatic heterocycles. The zero-order valence-corrected chi connectivity index (χ0v) is 19.1. The Morgan fingerprint density at radius 1 is 0.958 bits per heavy atom. The molecule has 0 unspecified atom stereocenters. The highest BCUT2D eigenvalue weighted by molar-refractivity contribution is 14.1. The quantitative estimate of drug-likeness (QED) is 0.333. The van der Waals surface area contributed by atoms with E-state index in [1.807, 2.05) is 34.7 Å². The molecule has 0 fully saturated rings. The predicted molar refractivity (Wildman–Crippen MR) is 122 cm³/mol. The molecule has 2 aromatic rings. The second kappa shape index (κ2) is 8.71. The smallest absolute Gasteiger partial charge is 0.337 e. The monoisotopic (exact) mass is 678 g/mol. The summed E-state index contributed by atoms with van der Waals surface area (Å²) >= 11 is 11.4. The Hall–Kier alpha value is -0.540. The lowest BCUT2D eigenvalue weighted by molar-refractivity contribution is 0.0697. The summed E-state index contributed by atoms with van der Waals surface area (Å²) in [5.74, 6) is -1.42. The average Bonchev–Trinajstić information content (AvgIpc) is 2.51. The van der Waals surface area contributed by atoms with E-state index in [1.165, 1.54) is 6.07 Å². The first-order valence-corrected chi connectivity index (χ1v) is 10.0. The molecule has 0 aliphatic carbocycles. The maximum Gasteiger partial charge on any atom is 0.337 e. The number of hydrogen-bond donors (Lipinski definition) is 3. The van der Waals surface area contributed by atoms with Gasteiger partial charge in [0.05, 0.1) is 16.8 Å². The van der Waals surface area contributed by atoms with Crippen molar-refractivity contribution >= 4 is 103 Å². The molecule has 0 bridgehead atoms. The zero-order chi connectivity index (χ0) is 17.9. The number of carboxylic acids is 1. The highest BCUT2D eigenvalue weighted by Gasteiger charge is 2.15. The number of halogens is 3. The van der Waals surface area contributed by atoms with Gasteiger partial charge in [-0.3, -0.25) is 10.1 Å². The van der Waals surface area contributed by atoms with E-state index >= 15 is 0 Å². The molecule has 2 rings (SSSR count). The van der Waals surface area contributed by atoms with E-state index < -0.39 is 5.97 Å². The van der Waals surface area contributed by atoms with Gasteiger partial charge < -0.3 is 10.4 Å². The fourth-order valence-electron chi connectivity index (χ4n) is 1.80. The summed E-state index contributed by atoms with van der Waals surface area (Å²) in [4.78, 5) is 23.6. The summed E-state index contributed by atoms with van der Waals surface area (Å²) in [7, 11) is 0. The molecule has 0 spiro atoms. The van der Waals surface area contributed by atoms with Crippen molar-refractivity contribution in [1.82, 2.24) is 5.32 Å². The highest BCUT2D eigenvalue weighted by Crippen LogP contribution is 2.19. The minimum atomic E-state index is -1.07. The number of nitrogens with one attached hydrogen (secondary N) is 2. The van der Waals surface area contributed by atoms with E-state index in [9.17, 15) is 14.7 Å². The van der Waals surface area contributed by atoms with Crippen molar-refractivity contribution in [1.29, 1.82) is 0 Å². The third kappa shape index (κ3) is 5.23. The Morgan fingerprint density at radius 2 is 1.54 bits per heavy atom. The number of amides is 1. The number of carbonyl (C=O) groups is 2. The lowest BCUT2D eigenvalue weighted by atomic mass is 10.2. The molecule has 0 aliphatic heterocycles. The predicted octanol–water partition coefficient (Wildman–Crippen LogP) is 4.33. The lowest BCUT2D eigenvalue weighted by Crippen LogP contribution is -2.35. The molecule has 1 amide bonds. The van der Waals surface area contributed by atoms with Crippen LogP contribution in [0.2, 0.25) is 0 Å². The van der Waals surface area contributed by atoms with Crippen molar-refractivity contribution in [3.05, 3.63) is 58.2 Å². The van der Waals surface area contributed by atoms with Crippen LogP contribution in [0.3, 0.4) is 0 Å². The number of benzene rings is 2. The molecule has 124 valence electrons. The number of rotatable bonds is 3. The van der Waals surface area contributed by atoms with Crippen molar-refractivity contribution in [2.24, 2.45) is 0 Å². The van der Waals surface area contributed by atoms with Gasteiger partial charge in [0.2, 0.25) is 0 Å². The number of aromatic carboxylic acids is 1. The number of carboxylic acid groups (broad SMARTS) is 1. The molecule has 2 aromatic carbocycles. The first kappa shape index (κ1) is 19.8. The van der Waals surface area contributed by atoms with E-state index in [2.05, 4.69) is 55.8 Å². The maximum absolute atomic E-state index is 12.3. The molecular formula is C15H9I3N2O3S. The van der Waals surface area contributed by atoms with Crippen LogP contribution in [0, 0.1) is 10.7 Å². The van der Waals surface area contributed by atoms with Crippen LogP contribution in [-0.2, 0) is 0 Å². The third-order valence-electron chi connectivity index (χ3n) is 2.86. The van der Waals surface area contributed by atoms with Crippen LogP contribution >= 0.6 is 80.0 Å². The minimum absolute atomic E-state index is 0.0402. The fraction of sp³-hybridized carbons (Fsp3) is 0.